The van der Waals surface area contributed by atoms with Crippen molar-refractivity contribution in [3.8, 4) is 11.5 Å². The Morgan fingerprint density at radius 3 is 1.52 bits per heavy atom. The molecule has 0 bridgehead atoms. The Morgan fingerprint density at radius 1 is 0.667 bits per heavy atom. The Morgan fingerprint density at radius 2 is 1.11 bits per heavy atom. The molecule has 6 heteroatoms. The minimum Gasteiger partial charge on any atom is -0.497 e. The van der Waals surface area contributed by atoms with Crippen molar-refractivity contribution in [1.82, 2.24) is 0 Å². The molecule has 0 saturated heterocycles. The van der Waals surface area contributed by atoms with Crippen LogP contribution in [0.15, 0.2) is 83.8 Å². The molecule has 0 unspecified atom stereocenters. The quantitative estimate of drug-likeness (QED) is 0.572. The van der Waals surface area contributed by atoms with Crippen LogP contribution in [0.25, 0.3) is 0 Å². The second-order valence-corrected chi connectivity index (χ2v) is 7.36. The maximum atomic E-state index is 12.8. The lowest BCUT2D eigenvalue weighted by molar-refractivity contribution is 0.253. The molecule has 3 rings (SSSR count). The molecule has 0 N–H and O–H groups in total. The minimum absolute atomic E-state index is 0.108. The Balaban J connectivity index is 2.00. The molecular weight excluding hydrogens is 364 g/mol. The Labute approximate surface area is 159 Å². The molecule has 27 heavy (non-hydrogen) atoms. The first-order chi connectivity index (χ1) is 13.0. The first-order valence-corrected chi connectivity index (χ1v) is 9.70. The number of ether oxygens (including phenoxy) is 2. The van der Waals surface area contributed by atoms with Gasteiger partial charge >= 0.3 is 0 Å². The van der Waals surface area contributed by atoms with Gasteiger partial charge in [-0.25, -0.2) is 0 Å². The zero-order valence-corrected chi connectivity index (χ0v) is 15.8. The summed E-state index contributed by atoms with van der Waals surface area (Å²) in [6.07, 6.45) is -0.799. The van der Waals surface area contributed by atoms with Crippen LogP contribution in [0, 0.1) is 0 Å². The summed E-state index contributed by atoms with van der Waals surface area (Å²) in [6, 6.07) is 22.3. The van der Waals surface area contributed by atoms with Gasteiger partial charge in [0.25, 0.3) is 10.1 Å². The second-order valence-electron chi connectivity index (χ2n) is 5.79. The summed E-state index contributed by atoms with van der Waals surface area (Å²) in [5, 5.41) is 0. The van der Waals surface area contributed by atoms with Gasteiger partial charge < -0.3 is 9.47 Å². The van der Waals surface area contributed by atoms with Gasteiger partial charge in [-0.2, -0.15) is 8.42 Å². The first kappa shape index (κ1) is 18.9. The van der Waals surface area contributed by atoms with E-state index in [0.29, 0.717) is 22.6 Å². The summed E-state index contributed by atoms with van der Waals surface area (Å²) in [6.45, 7) is 0. The predicted octanol–water partition coefficient (Wildman–Crippen LogP) is 4.20. The van der Waals surface area contributed by atoms with Crippen LogP contribution in [0.3, 0.4) is 0 Å². The predicted molar refractivity (Wildman–Crippen MR) is 103 cm³/mol. The molecule has 140 valence electrons. The third-order valence-electron chi connectivity index (χ3n) is 4.09. The molecular formula is C21H20O5S. The van der Waals surface area contributed by atoms with Gasteiger partial charge in [0, 0.05) is 0 Å². The molecule has 3 aromatic rings. The molecule has 0 spiro atoms. The minimum atomic E-state index is -3.95. The summed E-state index contributed by atoms with van der Waals surface area (Å²) in [5.41, 5.74) is 1.39. The first-order valence-electron chi connectivity index (χ1n) is 8.30. The fourth-order valence-electron chi connectivity index (χ4n) is 2.63. The van der Waals surface area contributed by atoms with Gasteiger partial charge in [-0.15, -0.1) is 0 Å². The number of methoxy groups -OCH3 is 2. The maximum Gasteiger partial charge on any atom is 0.297 e. The number of hydrogen-bond donors (Lipinski definition) is 0. The van der Waals surface area contributed by atoms with Gasteiger partial charge in [0.1, 0.15) is 17.6 Å². The van der Waals surface area contributed by atoms with Gasteiger partial charge in [0.05, 0.1) is 19.1 Å². The van der Waals surface area contributed by atoms with E-state index in [1.807, 2.05) is 0 Å². The highest BCUT2D eigenvalue weighted by Gasteiger charge is 2.25. The molecule has 0 heterocycles. The Bertz CT molecular complexity index is 918. The van der Waals surface area contributed by atoms with Crippen molar-refractivity contribution >= 4 is 10.1 Å². The fraction of sp³-hybridized carbons (Fsp3) is 0.143. The van der Waals surface area contributed by atoms with Gasteiger partial charge in [-0.05, 0) is 47.5 Å². The van der Waals surface area contributed by atoms with Crippen LogP contribution in [0.1, 0.15) is 17.2 Å². The zero-order valence-electron chi connectivity index (χ0n) is 15.0. The molecule has 0 aliphatic heterocycles. The molecule has 5 nitrogen and oxygen atoms in total. The van der Waals surface area contributed by atoms with E-state index in [9.17, 15) is 8.42 Å². The number of benzene rings is 3. The summed E-state index contributed by atoms with van der Waals surface area (Å²) >= 11 is 0. The molecule has 0 radical (unpaired) electrons. The molecule has 0 aromatic heterocycles. The van der Waals surface area contributed by atoms with Crippen molar-refractivity contribution in [3.05, 3.63) is 90.0 Å². The largest absolute Gasteiger partial charge is 0.497 e. The van der Waals surface area contributed by atoms with E-state index in [-0.39, 0.29) is 4.90 Å². The zero-order chi connectivity index (χ0) is 19.3. The average Bonchev–Trinajstić information content (AvgIpc) is 2.73. The van der Waals surface area contributed by atoms with Crippen molar-refractivity contribution in [3.63, 3.8) is 0 Å². The molecule has 0 aliphatic carbocycles. The van der Waals surface area contributed by atoms with E-state index in [0.717, 1.165) is 0 Å². The second kappa shape index (κ2) is 8.24. The highest BCUT2D eigenvalue weighted by Crippen LogP contribution is 2.32. The monoisotopic (exact) mass is 384 g/mol. The topological polar surface area (TPSA) is 61.8 Å². The van der Waals surface area contributed by atoms with Crippen LogP contribution < -0.4 is 9.47 Å². The summed E-state index contributed by atoms with van der Waals surface area (Å²) in [4.78, 5) is 0.108. The lowest BCUT2D eigenvalue weighted by atomic mass is 10.0. The van der Waals surface area contributed by atoms with Crippen molar-refractivity contribution in [1.29, 1.82) is 0 Å². The van der Waals surface area contributed by atoms with Crippen LogP contribution in [-0.4, -0.2) is 22.6 Å². The van der Waals surface area contributed by atoms with Gasteiger partial charge in [-0.1, -0.05) is 42.5 Å². The summed E-state index contributed by atoms with van der Waals surface area (Å²) in [7, 11) is -0.798. The Kier molecular flexibility index (Phi) is 5.78. The molecule has 0 aliphatic rings. The highest BCUT2D eigenvalue weighted by molar-refractivity contribution is 7.86. The van der Waals surface area contributed by atoms with Crippen molar-refractivity contribution in [2.45, 2.75) is 11.0 Å². The molecule has 0 amide bonds. The smallest absolute Gasteiger partial charge is 0.297 e. The van der Waals surface area contributed by atoms with Crippen LogP contribution in [0.5, 0.6) is 11.5 Å². The van der Waals surface area contributed by atoms with E-state index in [2.05, 4.69) is 0 Å². The molecule has 0 saturated carbocycles. The van der Waals surface area contributed by atoms with E-state index >= 15 is 0 Å². The number of hydrogen-bond acceptors (Lipinski definition) is 5. The third kappa shape index (κ3) is 4.48. The summed E-state index contributed by atoms with van der Waals surface area (Å²) < 4.78 is 41.5. The summed E-state index contributed by atoms with van der Waals surface area (Å²) in [5.74, 6) is 1.36. The van der Waals surface area contributed by atoms with E-state index in [4.69, 9.17) is 13.7 Å². The molecule has 0 fully saturated rings. The highest BCUT2D eigenvalue weighted by atomic mass is 32.2. The average molecular weight is 384 g/mol. The van der Waals surface area contributed by atoms with Crippen molar-refractivity contribution < 1.29 is 22.1 Å². The normalized spacial score (nSPS) is 11.4. The Hall–Kier alpha value is -2.83. The SMILES string of the molecule is COc1ccc(C(OS(=O)(=O)c2ccccc2)c2ccc(OC)cc2)cc1. The van der Waals surface area contributed by atoms with Crippen LogP contribution in [0.2, 0.25) is 0 Å². The number of rotatable bonds is 7. The standard InChI is InChI=1S/C21H20O5S/c1-24-18-12-8-16(9-13-18)21(17-10-14-19(25-2)15-11-17)26-27(22,23)20-6-4-3-5-7-20/h3-15,21H,1-2H3. The van der Waals surface area contributed by atoms with Crippen LogP contribution >= 0.6 is 0 Å². The van der Waals surface area contributed by atoms with E-state index in [1.54, 1.807) is 80.9 Å². The maximum absolute atomic E-state index is 12.8. The van der Waals surface area contributed by atoms with Gasteiger partial charge in [0.15, 0.2) is 0 Å². The lowest BCUT2D eigenvalue weighted by Crippen LogP contribution is -2.13. The van der Waals surface area contributed by atoms with E-state index < -0.39 is 16.2 Å². The fourth-order valence-corrected chi connectivity index (χ4v) is 3.71. The van der Waals surface area contributed by atoms with Crippen LogP contribution in [0.4, 0.5) is 0 Å². The lowest BCUT2D eigenvalue weighted by Gasteiger charge is -2.19. The van der Waals surface area contributed by atoms with Crippen molar-refractivity contribution in [2.75, 3.05) is 14.2 Å². The third-order valence-corrected chi connectivity index (χ3v) is 5.39. The molecule has 3 aromatic carbocycles. The van der Waals surface area contributed by atoms with Gasteiger partial charge in [-0.3, -0.25) is 4.18 Å². The van der Waals surface area contributed by atoms with Crippen molar-refractivity contribution in [2.24, 2.45) is 0 Å². The molecule has 0 atom stereocenters. The van der Waals surface area contributed by atoms with Crippen LogP contribution in [-0.2, 0) is 14.3 Å². The van der Waals surface area contributed by atoms with E-state index in [1.165, 1.54) is 12.1 Å². The van der Waals surface area contributed by atoms with Gasteiger partial charge in [0.2, 0.25) is 0 Å².